The maximum Gasteiger partial charge on any atom is 0.313 e. The van der Waals surface area contributed by atoms with E-state index in [1.807, 2.05) is 11.5 Å². The van der Waals surface area contributed by atoms with Crippen molar-refractivity contribution in [3.63, 3.8) is 0 Å². The minimum Gasteiger partial charge on any atom is -0.481 e. The number of carboxylic acid groups (broad SMARTS) is 1. The SMILES string of the molecule is Cc1cnc(SCC(=O)O)n1CCNC(=O)C1CC1. The summed E-state index contributed by atoms with van der Waals surface area (Å²) >= 11 is 1.19. The Kier molecular flexibility index (Phi) is 4.47. The molecule has 0 aromatic carbocycles. The van der Waals surface area contributed by atoms with Gasteiger partial charge in [-0.2, -0.15) is 0 Å². The summed E-state index contributed by atoms with van der Waals surface area (Å²) < 4.78 is 1.93. The minimum atomic E-state index is -0.862. The van der Waals surface area contributed by atoms with Crippen LogP contribution in [0.1, 0.15) is 18.5 Å². The third-order valence-electron chi connectivity index (χ3n) is 2.93. The Balaban J connectivity index is 1.85. The summed E-state index contributed by atoms with van der Waals surface area (Å²) in [7, 11) is 0. The van der Waals surface area contributed by atoms with Crippen molar-refractivity contribution < 1.29 is 14.7 Å². The zero-order valence-corrected chi connectivity index (χ0v) is 11.6. The fourth-order valence-corrected chi connectivity index (χ4v) is 2.50. The molecule has 0 saturated heterocycles. The van der Waals surface area contributed by atoms with Crippen molar-refractivity contribution in [1.82, 2.24) is 14.9 Å². The van der Waals surface area contributed by atoms with Crippen LogP contribution in [0, 0.1) is 12.8 Å². The number of hydrogen-bond acceptors (Lipinski definition) is 4. The second kappa shape index (κ2) is 6.10. The molecule has 7 heteroatoms. The molecule has 1 heterocycles. The van der Waals surface area contributed by atoms with Gasteiger partial charge in [0.25, 0.3) is 0 Å². The molecule has 2 rings (SSSR count). The summed E-state index contributed by atoms with van der Waals surface area (Å²) in [5.74, 6) is -0.535. The first-order valence-corrected chi connectivity index (χ1v) is 7.21. The van der Waals surface area contributed by atoms with Crippen molar-refractivity contribution in [2.24, 2.45) is 5.92 Å². The Morgan fingerprint density at radius 1 is 1.58 bits per heavy atom. The molecule has 0 spiro atoms. The van der Waals surface area contributed by atoms with Crippen LogP contribution in [0.25, 0.3) is 0 Å². The molecule has 19 heavy (non-hydrogen) atoms. The summed E-state index contributed by atoms with van der Waals surface area (Å²) in [5, 5.41) is 12.2. The fraction of sp³-hybridized carbons (Fsp3) is 0.583. The Hall–Kier alpha value is -1.50. The normalized spacial score (nSPS) is 14.4. The summed E-state index contributed by atoms with van der Waals surface area (Å²) in [6.07, 6.45) is 3.71. The molecular weight excluding hydrogens is 266 g/mol. The zero-order valence-electron chi connectivity index (χ0n) is 10.8. The molecule has 1 saturated carbocycles. The molecule has 0 radical (unpaired) electrons. The van der Waals surface area contributed by atoms with Crippen LogP contribution in [0.2, 0.25) is 0 Å². The van der Waals surface area contributed by atoms with E-state index in [0.29, 0.717) is 18.2 Å². The standard InChI is InChI=1S/C12H17N3O3S/c1-8-6-14-12(19-7-10(16)17)15(8)5-4-13-11(18)9-2-3-9/h6,9H,2-5,7H2,1H3,(H,13,18)(H,16,17). The van der Waals surface area contributed by atoms with Crippen LogP contribution < -0.4 is 5.32 Å². The van der Waals surface area contributed by atoms with E-state index < -0.39 is 5.97 Å². The van der Waals surface area contributed by atoms with Crippen molar-refractivity contribution in [3.8, 4) is 0 Å². The number of carbonyl (C=O) groups excluding carboxylic acids is 1. The van der Waals surface area contributed by atoms with Gasteiger partial charge in [0.05, 0.1) is 5.75 Å². The van der Waals surface area contributed by atoms with E-state index in [0.717, 1.165) is 18.5 Å². The van der Waals surface area contributed by atoms with Gasteiger partial charge in [0.2, 0.25) is 5.91 Å². The Labute approximate surface area is 115 Å². The zero-order chi connectivity index (χ0) is 13.8. The molecule has 1 aromatic rings. The molecule has 6 nitrogen and oxygen atoms in total. The predicted octanol–water partition coefficient (Wildman–Crippen LogP) is 0.894. The second-order valence-corrected chi connectivity index (χ2v) is 5.52. The molecule has 1 aliphatic rings. The highest BCUT2D eigenvalue weighted by atomic mass is 32.2. The number of rotatable bonds is 7. The maximum atomic E-state index is 11.5. The van der Waals surface area contributed by atoms with Crippen molar-refractivity contribution in [1.29, 1.82) is 0 Å². The molecule has 1 aliphatic carbocycles. The lowest BCUT2D eigenvalue weighted by atomic mass is 10.4. The van der Waals surface area contributed by atoms with Crippen LogP contribution >= 0.6 is 11.8 Å². The third-order valence-corrected chi connectivity index (χ3v) is 3.90. The van der Waals surface area contributed by atoms with Crippen LogP contribution in [0.15, 0.2) is 11.4 Å². The first-order valence-electron chi connectivity index (χ1n) is 6.22. The lowest BCUT2D eigenvalue weighted by molar-refractivity contribution is -0.134. The number of nitrogens with zero attached hydrogens (tertiary/aromatic N) is 2. The molecule has 1 aromatic heterocycles. The van der Waals surface area contributed by atoms with Crippen molar-refractivity contribution in [3.05, 3.63) is 11.9 Å². The second-order valence-electron chi connectivity index (χ2n) is 4.58. The van der Waals surface area contributed by atoms with Gasteiger partial charge in [-0.05, 0) is 19.8 Å². The fourth-order valence-electron chi connectivity index (χ4n) is 1.73. The van der Waals surface area contributed by atoms with Gasteiger partial charge in [0.15, 0.2) is 5.16 Å². The highest BCUT2D eigenvalue weighted by molar-refractivity contribution is 7.99. The van der Waals surface area contributed by atoms with Gasteiger partial charge in [0, 0.05) is 30.9 Å². The monoisotopic (exact) mass is 283 g/mol. The smallest absolute Gasteiger partial charge is 0.313 e. The number of carbonyl (C=O) groups is 2. The van der Waals surface area contributed by atoms with Gasteiger partial charge in [-0.3, -0.25) is 9.59 Å². The van der Waals surface area contributed by atoms with E-state index >= 15 is 0 Å². The van der Waals surface area contributed by atoms with Crippen molar-refractivity contribution >= 4 is 23.6 Å². The molecule has 0 bridgehead atoms. The maximum absolute atomic E-state index is 11.5. The number of aromatic nitrogens is 2. The molecular formula is C12H17N3O3S. The number of hydrogen-bond donors (Lipinski definition) is 2. The van der Waals surface area contributed by atoms with Gasteiger partial charge in [0.1, 0.15) is 0 Å². The van der Waals surface area contributed by atoms with Crippen LogP contribution in [0.5, 0.6) is 0 Å². The topological polar surface area (TPSA) is 84.2 Å². The number of aliphatic carboxylic acids is 1. The van der Waals surface area contributed by atoms with Gasteiger partial charge in [-0.15, -0.1) is 0 Å². The summed E-state index contributed by atoms with van der Waals surface area (Å²) in [6.45, 7) is 3.08. The molecule has 104 valence electrons. The number of nitrogens with one attached hydrogen (secondary N) is 1. The molecule has 0 aliphatic heterocycles. The number of carboxylic acids is 1. The van der Waals surface area contributed by atoms with Gasteiger partial charge >= 0.3 is 5.97 Å². The molecule has 0 atom stereocenters. The van der Waals surface area contributed by atoms with Crippen molar-refractivity contribution in [2.75, 3.05) is 12.3 Å². The van der Waals surface area contributed by atoms with Crippen LogP contribution in [0.4, 0.5) is 0 Å². The minimum absolute atomic E-state index is 0.00904. The van der Waals surface area contributed by atoms with E-state index in [1.165, 1.54) is 11.8 Å². The molecule has 1 amide bonds. The third kappa shape index (κ3) is 3.99. The van der Waals surface area contributed by atoms with Crippen molar-refractivity contribution in [2.45, 2.75) is 31.5 Å². The highest BCUT2D eigenvalue weighted by Gasteiger charge is 2.29. The van der Waals surface area contributed by atoms with E-state index in [4.69, 9.17) is 5.11 Å². The highest BCUT2D eigenvalue weighted by Crippen LogP contribution is 2.28. The number of imidazole rings is 1. The molecule has 2 N–H and O–H groups in total. The Morgan fingerprint density at radius 2 is 2.32 bits per heavy atom. The van der Waals surface area contributed by atoms with Crippen LogP contribution in [-0.4, -0.2) is 38.8 Å². The first-order chi connectivity index (χ1) is 9.08. The van der Waals surface area contributed by atoms with E-state index in [1.54, 1.807) is 6.20 Å². The van der Waals surface area contributed by atoms with Gasteiger partial charge < -0.3 is 15.0 Å². The van der Waals surface area contributed by atoms with Gasteiger partial charge in [-0.25, -0.2) is 4.98 Å². The summed E-state index contributed by atoms with van der Waals surface area (Å²) in [5.41, 5.74) is 0.966. The number of aryl methyl sites for hydroxylation is 1. The van der Waals surface area contributed by atoms with Crippen LogP contribution in [0.3, 0.4) is 0 Å². The Morgan fingerprint density at radius 3 is 2.95 bits per heavy atom. The van der Waals surface area contributed by atoms with Gasteiger partial charge in [-0.1, -0.05) is 11.8 Å². The first kappa shape index (κ1) is 13.9. The largest absolute Gasteiger partial charge is 0.481 e. The van der Waals surface area contributed by atoms with E-state index in [-0.39, 0.29) is 17.6 Å². The lowest BCUT2D eigenvalue weighted by Gasteiger charge is -2.10. The molecule has 0 unspecified atom stereocenters. The quantitative estimate of drug-likeness (QED) is 0.726. The average Bonchev–Trinajstić information content (AvgIpc) is 3.14. The summed E-state index contributed by atoms with van der Waals surface area (Å²) in [6, 6.07) is 0. The van der Waals surface area contributed by atoms with E-state index in [2.05, 4.69) is 10.3 Å². The average molecular weight is 283 g/mol. The number of thioether (sulfide) groups is 1. The van der Waals surface area contributed by atoms with Crippen LogP contribution in [-0.2, 0) is 16.1 Å². The van der Waals surface area contributed by atoms with E-state index in [9.17, 15) is 9.59 Å². The Bertz CT molecular complexity index is 483. The number of amides is 1. The lowest BCUT2D eigenvalue weighted by Crippen LogP contribution is -2.28. The predicted molar refractivity (Wildman–Crippen MR) is 71.1 cm³/mol. The molecule has 1 fully saturated rings. The summed E-state index contributed by atoms with van der Waals surface area (Å²) in [4.78, 5) is 26.2.